The van der Waals surface area contributed by atoms with Crippen molar-refractivity contribution in [1.82, 2.24) is 0 Å². The topological polar surface area (TPSA) is 66.8 Å². The first kappa shape index (κ1) is 11.4. The first-order valence-corrected chi connectivity index (χ1v) is 4.70. The molecule has 0 aliphatic carbocycles. The van der Waals surface area contributed by atoms with Crippen LogP contribution < -0.4 is 4.74 Å². The third kappa shape index (κ3) is 3.16. The third-order valence-corrected chi connectivity index (χ3v) is 1.80. The Morgan fingerprint density at radius 3 is 2.67 bits per heavy atom. The lowest BCUT2D eigenvalue weighted by Gasteiger charge is -2.14. The summed E-state index contributed by atoms with van der Waals surface area (Å²) in [6.07, 6.45) is -0.298. The number of carboxylic acid groups (broad SMARTS) is 1. The summed E-state index contributed by atoms with van der Waals surface area (Å²) in [5, 5.41) is 18.2. The van der Waals surface area contributed by atoms with E-state index in [1.165, 1.54) is 6.07 Å². The molecule has 1 aromatic carbocycles. The molecule has 0 aliphatic rings. The Morgan fingerprint density at radius 1 is 1.47 bits per heavy atom. The maximum atomic E-state index is 10.6. The minimum Gasteiger partial charge on any atom is -0.508 e. The summed E-state index contributed by atoms with van der Waals surface area (Å²) in [7, 11) is 0. The number of carbonyl (C=O) groups is 1. The molecule has 4 heteroatoms. The van der Waals surface area contributed by atoms with E-state index in [0.717, 1.165) is 0 Å². The van der Waals surface area contributed by atoms with Crippen LogP contribution in [0.15, 0.2) is 18.2 Å². The SMILES string of the molecule is CC(C)Oc1cccc(O)c1CC(=O)O. The van der Waals surface area contributed by atoms with E-state index in [0.29, 0.717) is 11.3 Å². The zero-order valence-electron chi connectivity index (χ0n) is 8.73. The first-order valence-electron chi connectivity index (χ1n) is 4.70. The van der Waals surface area contributed by atoms with Gasteiger partial charge in [0.15, 0.2) is 0 Å². The van der Waals surface area contributed by atoms with Gasteiger partial charge in [0.1, 0.15) is 11.5 Å². The number of aromatic hydroxyl groups is 1. The predicted molar refractivity (Wildman–Crippen MR) is 55.2 cm³/mol. The summed E-state index contributed by atoms with van der Waals surface area (Å²) in [5.41, 5.74) is 0.318. The molecule has 0 heterocycles. The van der Waals surface area contributed by atoms with E-state index in [-0.39, 0.29) is 18.3 Å². The average molecular weight is 210 g/mol. The van der Waals surface area contributed by atoms with Gasteiger partial charge in [0.2, 0.25) is 0 Å². The molecule has 1 aromatic rings. The van der Waals surface area contributed by atoms with Gasteiger partial charge in [-0.3, -0.25) is 4.79 Å². The lowest BCUT2D eigenvalue weighted by atomic mass is 10.1. The predicted octanol–water partition coefficient (Wildman–Crippen LogP) is 1.81. The third-order valence-electron chi connectivity index (χ3n) is 1.80. The molecule has 15 heavy (non-hydrogen) atoms. The summed E-state index contributed by atoms with van der Waals surface area (Å²) < 4.78 is 5.40. The standard InChI is InChI=1S/C11H14O4/c1-7(2)15-10-5-3-4-9(12)8(10)6-11(13)14/h3-5,7,12H,6H2,1-2H3,(H,13,14). The quantitative estimate of drug-likeness (QED) is 0.795. The van der Waals surface area contributed by atoms with Crippen molar-refractivity contribution in [1.29, 1.82) is 0 Å². The molecule has 2 N–H and O–H groups in total. The number of ether oxygens (including phenoxy) is 1. The Balaban J connectivity index is 3.02. The highest BCUT2D eigenvalue weighted by atomic mass is 16.5. The van der Waals surface area contributed by atoms with Crippen molar-refractivity contribution in [3.63, 3.8) is 0 Å². The maximum absolute atomic E-state index is 10.6. The van der Waals surface area contributed by atoms with Crippen LogP contribution in [0.25, 0.3) is 0 Å². The van der Waals surface area contributed by atoms with Crippen molar-refractivity contribution in [2.24, 2.45) is 0 Å². The lowest BCUT2D eigenvalue weighted by Crippen LogP contribution is -2.09. The van der Waals surface area contributed by atoms with Gasteiger partial charge in [-0.2, -0.15) is 0 Å². The van der Waals surface area contributed by atoms with Gasteiger partial charge in [-0.1, -0.05) is 6.07 Å². The molecule has 0 aromatic heterocycles. The van der Waals surface area contributed by atoms with Crippen molar-refractivity contribution in [2.75, 3.05) is 0 Å². The van der Waals surface area contributed by atoms with Crippen LogP contribution in [0.5, 0.6) is 11.5 Å². The highest BCUT2D eigenvalue weighted by molar-refractivity contribution is 5.72. The van der Waals surface area contributed by atoms with E-state index in [2.05, 4.69) is 0 Å². The Labute approximate surface area is 88.1 Å². The van der Waals surface area contributed by atoms with Crippen molar-refractivity contribution in [3.8, 4) is 11.5 Å². The molecular weight excluding hydrogens is 196 g/mol. The summed E-state index contributed by atoms with van der Waals surface area (Å²) in [4.78, 5) is 10.6. The summed E-state index contributed by atoms with van der Waals surface area (Å²) in [6, 6.07) is 4.72. The highest BCUT2D eigenvalue weighted by Crippen LogP contribution is 2.28. The van der Waals surface area contributed by atoms with Gasteiger partial charge in [-0.25, -0.2) is 0 Å². The van der Waals surface area contributed by atoms with Crippen molar-refractivity contribution in [3.05, 3.63) is 23.8 Å². The van der Waals surface area contributed by atoms with Gasteiger partial charge in [0.05, 0.1) is 12.5 Å². The molecule has 1 rings (SSSR count). The molecule has 0 spiro atoms. The molecule has 82 valence electrons. The van der Waals surface area contributed by atoms with Crippen LogP contribution in [0.1, 0.15) is 19.4 Å². The molecule has 4 nitrogen and oxygen atoms in total. The molecule has 0 fully saturated rings. The molecular formula is C11H14O4. The number of aliphatic carboxylic acids is 1. The van der Waals surface area contributed by atoms with Crippen LogP contribution in [0.4, 0.5) is 0 Å². The summed E-state index contributed by atoms with van der Waals surface area (Å²) >= 11 is 0. The maximum Gasteiger partial charge on any atom is 0.308 e. The second kappa shape index (κ2) is 4.68. The van der Waals surface area contributed by atoms with E-state index < -0.39 is 5.97 Å². The van der Waals surface area contributed by atoms with Crippen LogP contribution in [0.3, 0.4) is 0 Å². The molecule has 0 amide bonds. The first-order chi connectivity index (χ1) is 7.00. The zero-order chi connectivity index (χ0) is 11.4. The van der Waals surface area contributed by atoms with Crippen LogP contribution >= 0.6 is 0 Å². The number of hydrogen-bond donors (Lipinski definition) is 2. The number of hydrogen-bond acceptors (Lipinski definition) is 3. The van der Waals surface area contributed by atoms with Crippen LogP contribution in [-0.2, 0) is 11.2 Å². The smallest absolute Gasteiger partial charge is 0.308 e. The van der Waals surface area contributed by atoms with Gasteiger partial charge >= 0.3 is 5.97 Å². The van der Waals surface area contributed by atoms with E-state index >= 15 is 0 Å². The van der Waals surface area contributed by atoms with Crippen molar-refractivity contribution >= 4 is 5.97 Å². The molecule has 0 unspecified atom stereocenters. The monoisotopic (exact) mass is 210 g/mol. The number of benzene rings is 1. The van der Waals surface area contributed by atoms with E-state index in [9.17, 15) is 9.90 Å². The summed E-state index contributed by atoms with van der Waals surface area (Å²) in [6.45, 7) is 3.68. The van der Waals surface area contributed by atoms with Crippen LogP contribution in [0, 0.1) is 0 Å². The van der Waals surface area contributed by atoms with Crippen LogP contribution in [0.2, 0.25) is 0 Å². The Bertz CT molecular complexity index is 358. The molecule has 0 radical (unpaired) electrons. The molecule has 0 saturated heterocycles. The largest absolute Gasteiger partial charge is 0.508 e. The average Bonchev–Trinajstić information content (AvgIpc) is 2.09. The minimum absolute atomic E-state index is 0.0458. The van der Waals surface area contributed by atoms with Crippen molar-refractivity contribution < 1.29 is 19.7 Å². The molecule has 0 aliphatic heterocycles. The minimum atomic E-state index is -0.995. The number of carboxylic acids is 1. The number of phenols is 1. The van der Waals surface area contributed by atoms with Gasteiger partial charge in [-0.05, 0) is 26.0 Å². The molecule has 0 saturated carbocycles. The Kier molecular flexibility index (Phi) is 3.55. The number of rotatable bonds is 4. The molecule has 0 atom stereocenters. The second-order valence-corrected chi connectivity index (χ2v) is 3.49. The van der Waals surface area contributed by atoms with Crippen molar-refractivity contribution in [2.45, 2.75) is 26.4 Å². The summed E-state index contributed by atoms with van der Waals surface area (Å²) in [5.74, 6) is -0.618. The highest BCUT2D eigenvalue weighted by Gasteiger charge is 2.13. The normalized spacial score (nSPS) is 10.3. The zero-order valence-corrected chi connectivity index (χ0v) is 8.73. The Hall–Kier alpha value is -1.71. The second-order valence-electron chi connectivity index (χ2n) is 3.49. The Morgan fingerprint density at radius 2 is 2.13 bits per heavy atom. The van der Waals surface area contributed by atoms with E-state index in [4.69, 9.17) is 9.84 Å². The van der Waals surface area contributed by atoms with Gasteiger partial charge in [0, 0.05) is 5.56 Å². The molecule has 0 bridgehead atoms. The van der Waals surface area contributed by atoms with E-state index in [1.54, 1.807) is 12.1 Å². The number of phenolic OH excluding ortho intramolecular Hbond substituents is 1. The van der Waals surface area contributed by atoms with Gasteiger partial charge < -0.3 is 14.9 Å². The fourth-order valence-electron chi connectivity index (χ4n) is 1.25. The van der Waals surface area contributed by atoms with Crippen LogP contribution in [-0.4, -0.2) is 22.3 Å². The fraction of sp³-hybridized carbons (Fsp3) is 0.364. The van der Waals surface area contributed by atoms with E-state index in [1.807, 2.05) is 13.8 Å². The van der Waals surface area contributed by atoms with Gasteiger partial charge in [0.25, 0.3) is 0 Å². The fourth-order valence-corrected chi connectivity index (χ4v) is 1.25. The lowest BCUT2D eigenvalue weighted by molar-refractivity contribution is -0.136. The van der Waals surface area contributed by atoms with Gasteiger partial charge in [-0.15, -0.1) is 0 Å².